The lowest BCUT2D eigenvalue weighted by Gasteiger charge is -2.52. The van der Waals surface area contributed by atoms with E-state index in [2.05, 4.69) is 10.6 Å². The zero-order chi connectivity index (χ0) is 31.1. The summed E-state index contributed by atoms with van der Waals surface area (Å²) >= 11 is 0. The molecule has 3 fully saturated rings. The second-order valence-electron chi connectivity index (χ2n) is 11.7. The Hall–Kier alpha value is -0.680. The smallest absolute Gasteiger partial charge is 0.186 e. The molecule has 248 valence electrons. The third-order valence-electron chi connectivity index (χ3n) is 8.57. The highest BCUT2D eigenvalue weighted by molar-refractivity contribution is 5.06. The molecular formula is C25H52N6O11. The van der Waals surface area contributed by atoms with Gasteiger partial charge in [-0.2, -0.15) is 0 Å². The van der Waals surface area contributed by atoms with Gasteiger partial charge in [-0.05, 0) is 25.8 Å². The van der Waals surface area contributed by atoms with Crippen LogP contribution in [0.2, 0.25) is 0 Å². The Labute approximate surface area is 245 Å². The van der Waals surface area contributed by atoms with E-state index in [1.54, 1.807) is 0 Å². The van der Waals surface area contributed by atoms with Crippen LogP contribution in [0.5, 0.6) is 0 Å². The quantitative estimate of drug-likeness (QED) is 0.0865. The van der Waals surface area contributed by atoms with Gasteiger partial charge in [0.25, 0.3) is 0 Å². The van der Waals surface area contributed by atoms with Crippen LogP contribution in [0.4, 0.5) is 0 Å². The first kappa shape index (κ1) is 35.8. The number of aliphatic hydroxyl groups is 8. The molecule has 0 radical (unpaired) electrons. The molecule has 2 saturated heterocycles. The average Bonchev–Trinajstić information content (AvgIpc) is 2.95. The number of hydrogen-bond donors (Lipinski definition) is 14. The van der Waals surface area contributed by atoms with E-state index < -0.39 is 117 Å². The summed E-state index contributed by atoms with van der Waals surface area (Å²) in [5.74, 6) is -0.823. The van der Waals surface area contributed by atoms with Crippen molar-refractivity contribution in [3.05, 3.63) is 0 Å². The SMILES string of the molecule is NCCC(O)CNCC1OC(C2C(N)CC(NC(CO)CO)C(OC3OC(CO)C(O)C(N)C3O)C2O)C(N)CC1O. The number of rotatable bonds is 14. The van der Waals surface area contributed by atoms with Gasteiger partial charge in [0.2, 0.25) is 0 Å². The van der Waals surface area contributed by atoms with E-state index in [9.17, 15) is 40.9 Å². The fourth-order valence-corrected chi connectivity index (χ4v) is 6.13. The summed E-state index contributed by atoms with van der Waals surface area (Å²) in [6.45, 7) is -0.706. The van der Waals surface area contributed by atoms with Crippen molar-refractivity contribution in [2.45, 2.75) is 111 Å². The predicted octanol–water partition coefficient (Wildman–Crippen LogP) is -7.70. The van der Waals surface area contributed by atoms with Crippen LogP contribution in [0.15, 0.2) is 0 Å². The summed E-state index contributed by atoms with van der Waals surface area (Å²) in [7, 11) is 0. The van der Waals surface area contributed by atoms with E-state index in [-0.39, 0.29) is 25.9 Å². The highest BCUT2D eigenvalue weighted by Crippen LogP contribution is 2.36. The third kappa shape index (κ3) is 8.52. The van der Waals surface area contributed by atoms with Crippen molar-refractivity contribution in [1.29, 1.82) is 0 Å². The van der Waals surface area contributed by atoms with Crippen LogP contribution in [-0.4, -0.2) is 172 Å². The number of hydrogen-bond acceptors (Lipinski definition) is 17. The molecule has 17 heteroatoms. The van der Waals surface area contributed by atoms with Gasteiger partial charge < -0.3 is 88.6 Å². The Morgan fingerprint density at radius 1 is 0.881 bits per heavy atom. The lowest BCUT2D eigenvalue weighted by molar-refractivity contribution is -0.307. The molecule has 17 nitrogen and oxygen atoms in total. The van der Waals surface area contributed by atoms with Gasteiger partial charge in [-0.1, -0.05) is 0 Å². The van der Waals surface area contributed by atoms with Crippen LogP contribution in [0.1, 0.15) is 19.3 Å². The first-order valence-electron chi connectivity index (χ1n) is 14.6. The van der Waals surface area contributed by atoms with Gasteiger partial charge in [-0.15, -0.1) is 0 Å². The van der Waals surface area contributed by atoms with Crippen LogP contribution in [0, 0.1) is 5.92 Å². The molecule has 2 aliphatic heterocycles. The van der Waals surface area contributed by atoms with Crippen molar-refractivity contribution >= 4 is 0 Å². The maximum absolute atomic E-state index is 11.7. The summed E-state index contributed by atoms with van der Waals surface area (Å²) in [5.41, 5.74) is 24.4. The first-order valence-corrected chi connectivity index (χ1v) is 14.6. The largest absolute Gasteiger partial charge is 0.395 e. The standard InChI is InChI=1S/C25H52N6O11/c26-2-1-11(35)5-30-6-16-15(36)4-13(28)23(40-16)18-12(27)3-14(31-10(7-32)8-33)24(21(18)38)42-25-22(39)19(29)20(37)17(9-34)41-25/h10-25,30-39H,1-9,26-29H2. The van der Waals surface area contributed by atoms with Crippen molar-refractivity contribution in [1.82, 2.24) is 10.6 Å². The van der Waals surface area contributed by atoms with Crippen molar-refractivity contribution < 1.29 is 55.1 Å². The van der Waals surface area contributed by atoms with Crippen molar-refractivity contribution in [3.8, 4) is 0 Å². The molecule has 3 rings (SSSR count). The molecule has 0 bridgehead atoms. The van der Waals surface area contributed by atoms with Crippen LogP contribution in [0.25, 0.3) is 0 Å². The lowest BCUT2D eigenvalue weighted by Crippen LogP contribution is -2.70. The summed E-state index contributed by atoms with van der Waals surface area (Å²) in [6, 6.07) is -4.18. The van der Waals surface area contributed by atoms with Crippen molar-refractivity contribution in [2.75, 3.05) is 39.5 Å². The van der Waals surface area contributed by atoms with Gasteiger partial charge in [-0.3, -0.25) is 0 Å². The van der Waals surface area contributed by atoms with E-state index in [4.69, 9.17) is 37.1 Å². The lowest BCUT2D eigenvalue weighted by atomic mass is 9.72. The molecular weight excluding hydrogens is 560 g/mol. The van der Waals surface area contributed by atoms with Crippen LogP contribution in [-0.2, 0) is 14.2 Å². The molecule has 2 heterocycles. The Kier molecular flexibility index (Phi) is 14.1. The molecule has 15 unspecified atom stereocenters. The van der Waals surface area contributed by atoms with Gasteiger partial charge >= 0.3 is 0 Å². The van der Waals surface area contributed by atoms with E-state index in [1.807, 2.05) is 0 Å². The van der Waals surface area contributed by atoms with Gasteiger partial charge in [0.1, 0.15) is 24.4 Å². The molecule has 1 saturated carbocycles. The molecule has 1 aliphatic carbocycles. The van der Waals surface area contributed by atoms with Crippen LogP contribution in [0.3, 0.4) is 0 Å². The molecule has 0 amide bonds. The highest BCUT2D eigenvalue weighted by Gasteiger charge is 2.53. The number of ether oxygens (including phenoxy) is 3. The topological polar surface area (TPSA) is 318 Å². The van der Waals surface area contributed by atoms with Gasteiger partial charge in [0.15, 0.2) is 6.29 Å². The molecule has 18 N–H and O–H groups in total. The van der Waals surface area contributed by atoms with Crippen LogP contribution < -0.4 is 33.6 Å². The van der Waals surface area contributed by atoms with E-state index >= 15 is 0 Å². The number of nitrogens with two attached hydrogens (primary N) is 4. The average molecular weight is 613 g/mol. The van der Waals surface area contributed by atoms with Gasteiger partial charge in [0.05, 0.1) is 62.4 Å². The Morgan fingerprint density at radius 3 is 2.19 bits per heavy atom. The first-order chi connectivity index (χ1) is 20.0. The molecule has 0 aromatic rings. The summed E-state index contributed by atoms with van der Waals surface area (Å²) in [4.78, 5) is 0. The minimum Gasteiger partial charge on any atom is -0.395 e. The number of aliphatic hydroxyl groups excluding tert-OH is 8. The molecule has 0 spiro atoms. The Balaban J connectivity index is 1.81. The third-order valence-corrected chi connectivity index (χ3v) is 8.57. The monoisotopic (exact) mass is 612 g/mol. The Morgan fingerprint density at radius 2 is 1.57 bits per heavy atom. The predicted molar refractivity (Wildman–Crippen MR) is 147 cm³/mol. The van der Waals surface area contributed by atoms with E-state index in [0.29, 0.717) is 13.0 Å². The summed E-state index contributed by atoms with van der Waals surface area (Å²) < 4.78 is 17.9. The zero-order valence-corrected chi connectivity index (χ0v) is 23.7. The second kappa shape index (κ2) is 16.6. The fraction of sp³-hybridized carbons (Fsp3) is 1.00. The molecule has 0 aromatic carbocycles. The summed E-state index contributed by atoms with van der Waals surface area (Å²) in [5, 5.41) is 88.3. The summed E-state index contributed by atoms with van der Waals surface area (Å²) in [6.07, 6.45) is -10.5. The maximum Gasteiger partial charge on any atom is 0.186 e. The van der Waals surface area contributed by atoms with Crippen LogP contribution >= 0.6 is 0 Å². The maximum atomic E-state index is 11.7. The fourth-order valence-electron chi connectivity index (χ4n) is 6.13. The molecule has 0 aromatic heterocycles. The van der Waals surface area contributed by atoms with Crippen molar-refractivity contribution in [3.63, 3.8) is 0 Å². The number of nitrogens with one attached hydrogen (secondary N) is 2. The normalized spacial score (nSPS) is 43.9. The van der Waals surface area contributed by atoms with E-state index in [1.165, 1.54) is 0 Å². The minimum atomic E-state index is -1.52. The molecule has 15 atom stereocenters. The Bertz CT molecular complexity index is 789. The van der Waals surface area contributed by atoms with E-state index in [0.717, 1.165) is 0 Å². The molecule has 3 aliphatic rings. The van der Waals surface area contributed by atoms with Gasteiger partial charge in [-0.25, -0.2) is 0 Å². The molecule has 42 heavy (non-hydrogen) atoms. The minimum absolute atomic E-state index is 0.151. The zero-order valence-electron chi connectivity index (χ0n) is 23.7. The van der Waals surface area contributed by atoms with Gasteiger partial charge in [0, 0.05) is 37.1 Å². The van der Waals surface area contributed by atoms with Crippen molar-refractivity contribution in [2.24, 2.45) is 28.9 Å². The second-order valence-corrected chi connectivity index (χ2v) is 11.7. The highest BCUT2D eigenvalue weighted by atomic mass is 16.7.